The molecule has 0 unspecified atom stereocenters. The molecule has 0 bridgehead atoms. The second kappa shape index (κ2) is 4.03. The van der Waals surface area contributed by atoms with Gasteiger partial charge in [0, 0.05) is 11.1 Å². The lowest BCUT2D eigenvalue weighted by atomic mass is 10.2. The minimum absolute atomic E-state index is 0.189. The van der Waals surface area contributed by atoms with Gasteiger partial charge in [0.1, 0.15) is 5.75 Å². The van der Waals surface area contributed by atoms with Crippen LogP contribution >= 0.6 is 11.6 Å². The van der Waals surface area contributed by atoms with Crippen LogP contribution in [0.25, 0.3) is 0 Å². The smallest absolute Gasteiger partial charge is 0.259 e. The van der Waals surface area contributed by atoms with Crippen molar-refractivity contribution >= 4 is 23.2 Å². The number of anilines is 1. The van der Waals surface area contributed by atoms with Gasteiger partial charge in [-0.15, -0.1) is 0 Å². The maximum Gasteiger partial charge on any atom is 0.259 e. The van der Waals surface area contributed by atoms with Crippen LogP contribution in [0.15, 0.2) is 36.4 Å². The number of ether oxygens (including phenoxy) is 1. The molecule has 18 heavy (non-hydrogen) atoms. The molecular formula is C14H10ClNO2. The van der Waals surface area contributed by atoms with E-state index in [0.717, 1.165) is 5.56 Å². The van der Waals surface area contributed by atoms with E-state index in [0.29, 0.717) is 27.8 Å². The van der Waals surface area contributed by atoms with E-state index >= 15 is 0 Å². The van der Waals surface area contributed by atoms with Crippen molar-refractivity contribution in [3.8, 4) is 11.5 Å². The van der Waals surface area contributed by atoms with Crippen LogP contribution in [-0.4, -0.2) is 5.91 Å². The molecule has 0 saturated carbocycles. The van der Waals surface area contributed by atoms with Crippen LogP contribution < -0.4 is 10.1 Å². The molecule has 4 heteroatoms. The molecule has 2 aromatic rings. The maximum absolute atomic E-state index is 12.1. The summed E-state index contributed by atoms with van der Waals surface area (Å²) < 4.78 is 5.74. The first kappa shape index (κ1) is 11.1. The Morgan fingerprint density at radius 2 is 1.94 bits per heavy atom. The zero-order valence-electron chi connectivity index (χ0n) is 9.66. The summed E-state index contributed by atoms with van der Waals surface area (Å²) in [6.07, 6.45) is 0. The lowest BCUT2D eigenvalue weighted by molar-refractivity contribution is 0.102. The Hall–Kier alpha value is -2.00. The van der Waals surface area contributed by atoms with Gasteiger partial charge in [0.2, 0.25) is 0 Å². The van der Waals surface area contributed by atoms with Crippen LogP contribution in [0.1, 0.15) is 15.9 Å². The van der Waals surface area contributed by atoms with Gasteiger partial charge in [0.25, 0.3) is 5.91 Å². The van der Waals surface area contributed by atoms with Gasteiger partial charge in [-0.2, -0.15) is 0 Å². The molecule has 0 aromatic heterocycles. The molecule has 3 nitrogen and oxygen atoms in total. The maximum atomic E-state index is 12.1. The molecule has 90 valence electrons. The molecule has 1 aliphatic heterocycles. The van der Waals surface area contributed by atoms with Gasteiger partial charge in [0.15, 0.2) is 5.75 Å². The molecule has 1 aliphatic rings. The van der Waals surface area contributed by atoms with Gasteiger partial charge in [-0.3, -0.25) is 4.79 Å². The first-order valence-electron chi connectivity index (χ1n) is 5.53. The van der Waals surface area contributed by atoms with Crippen LogP contribution in [0.2, 0.25) is 5.02 Å². The first-order valence-corrected chi connectivity index (χ1v) is 5.91. The molecule has 0 saturated heterocycles. The summed E-state index contributed by atoms with van der Waals surface area (Å²) in [7, 11) is 0. The number of benzene rings is 2. The minimum Gasteiger partial charge on any atom is -0.454 e. The monoisotopic (exact) mass is 259 g/mol. The Morgan fingerprint density at radius 3 is 2.78 bits per heavy atom. The highest BCUT2D eigenvalue weighted by Gasteiger charge is 2.20. The van der Waals surface area contributed by atoms with Gasteiger partial charge >= 0.3 is 0 Å². The minimum atomic E-state index is -0.189. The Morgan fingerprint density at radius 1 is 1.11 bits per heavy atom. The Bertz CT molecular complexity index is 652. The fourth-order valence-corrected chi connectivity index (χ4v) is 2.07. The second-order valence-electron chi connectivity index (χ2n) is 4.20. The van der Waals surface area contributed by atoms with E-state index in [1.165, 1.54) is 0 Å². The van der Waals surface area contributed by atoms with Gasteiger partial charge < -0.3 is 10.1 Å². The summed E-state index contributed by atoms with van der Waals surface area (Å²) in [4.78, 5) is 12.1. The van der Waals surface area contributed by atoms with Crippen molar-refractivity contribution in [2.24, 2.45) is 0 Å². The van der Waals surface area contributed by atoms with Crippen molar-refractivity contribution in [3.05, 3.63) is 52.5 Å². The van der Waals surface area contributed by atoms with Crippen molar-refractivity contribution < 1.29 is 9.53 Å². The largest absolute Gasteiger partial charge is 0.454 e. The summed E-state index contributed by atoms with van der Waals surface area (Å²) in [5.74, 6) is 0.906. The van der Waals surface area contributed by atoms with E-state index < -0.39 is 0 Å². The van der Waals surface area contributed by atoms with Crippen LogP contribution in [0.3, 0.4) is 0 Å². The van der Waals surface area contributed by atoms with E-state index in [2.05, 4.69) is 5.32 Å². The van der Waals surface area contributed by atoms with Crippen molar-refractivity contribution in [1.29, 1.82) is 0 Å². The zero-order chi connectivity index (χ0) is 12.7. The molecule has 1 amide bonds. The first-order chi connectivity index (χ1) is 8.63. The molecule has 0 spiro atoms. The van der Waals surface area contributed by atoms with Gasteiger partial charge in [-0.1, -0.05) is 17.7 Å². The molecule has 0 aliphatic carbocycles. The average molecular weight is 260 g/mol. The number of hydrogen-bond donors (Lipinski definition) is 1. The molecule has 1 N–H and O–H groups in total. The predicted molar refractivity (Wildman–Crippen MR) is 70.7 cm³/mol. The average Bonchev–Trinajstić information content (AvgIpc) is 2.44. The van der Waals surface area contributed by atoms with E-state index in [-0.39, 0.29) is 5.91 Å². The third kappa shape index (κ3) is 1.83. The number of amides is 1. The molecule has 0 atom stereocenters. The number of carbonyl (C=O) groups excluding carboxylic acids is 1. The topological polar surface area (TPSA) is 38.3 Å². The normalized spacial score (nSPS) is 12.9. The van der Waals surface area contributed by atoms with Crippen LogP contribution in [-0.2, 0) is 0 Å². The van der Waals surface area contributed by atoms with E-state index in [4.69, 9.17) is 16.3 Å². The third-order valence-corrected chi connectivity index (χ3v) is 3.03. The Labute approximate surface area is 109 Å². The van der Waals surface area contributed by atoms with Crippen molar-refractivity contribution in [2.75, 3.05) is 5.32 Å². The summed E-state index contributed by atoms with van der Waals surface area (Å²) in [5, 5.41) is 3.37. The number of hydrogen-bond acceptors (Lipinski definition) is 2. The number of fused-ring (bicyclic) bond motifs is 2. The van der Waals surface area contributed by atoms with Crippen LogP contribution in [0, 0.1) is 6.92 Å². The van der Waals surface area contributed by atoms with Crippen molar-refractivity contribution in [3.63, 3.8) is 0 Å². The standard InChI is InChI=1S/C14H10ClNO2/c1-8-2-5-12-11(6-8)16-14(17)10-4-3-9(15)7-13(10)18-12/h2-7H,1H3,(H,16,17). The summed E-state index contributed by atoms with van der Waals surface area (Å²) >= 11 is 5.92. The Kier molecular flexibility index (Phi) is 2.49. The fraction of sp³-hybridized carbons (Fsp3) is 0.0714. The summed E-state index contributed by atoms with van der Waals surface area (Å²) in [6, 6.07) is 10.6. The van der Waals surface area contributed by atoms with Gasteiger partial charge in [-0.25, -0.2) is 0 Å². The number of aryl methyl sites for hydroxylation is 1. The highest BCUT2D eigenvalue weighted by molar-refractivity contribution is 6.31. The quantitative estimate of drug-likeness (QED) is 0.776. The SMILES string of the molecule is Cc1ccc2c(c1)NC(=O)c1ccc(Cl)cc1O2. The lowest BCUT2D eigenvalue weighted by Gasteiger charge is -2.08. The second-order valence-corrected chi connectivity index (χ2v) is 4.63. The highest BCUT2D eigenvalue weighted by atomic mass is 35.5. The molecule has 3 rings (SSSR count). The van der Waals surface area contributed by atoms with Crippen molar-refractivity contribution in [2.45, 2.75) is 6.92 Å². The fourth-order valence-electron chi connectivity index (χ4n) is 1.91. The number of nitrogens with one attached hydrogen (secondary N) is 1. The molecule has 0 fully saturated rings. The summed E-state index contributed by atoms with van der Waals surface area (Å²) in [6.45, 7) is 1.96. The van der Waals surface area contributed by atoms with Crippen LogP contribution in [0.4, 0.5) is 5.69 Å². The van der Waals surface area contributed by atoms with Crippen molar-refractivity contribution in [1.82, 2.24) is 0 Å². The number of carbonyl (C=O) groups is 1. The highest BCUT2D eigenvalue weighted by Crippen LogP contribution is 2.37. The predicted octanol–water partition coefficient (Wildman–Crippen LogP) is 4.01. The van der Waals surface area contributed by atoms with E-state index in [9.17, 15) is 4.79 Å². The molecule has 2 aromatic carbocycles. The van der Waals surface area contributed by atoms with E-state index in [1.54, 1.807) is 18.2 Å². The number of rotatable bonds is 0. The van der Waals surface area contributed by atoms with Gasteiger partial charge in [0.05, 0.1) is 11.3 Å². The number of halogens is 1. The zero-order valence-corrected chi connectivity index (χ0v) is 10.4. The molecule has 0 radical (unpaired) electrons. The Balaban J connectivity index is 2.17. The van der Waals surface area contributed by atoms with Gasteiger partial charge in [-0.05, 0) is 36.8 Å². The molecular weight excluding hydrogens is 250 g/mol. The van der Waals surface area contributed by atoms with E-state index in [1.807, 2.05) is 25.1 Å². The summed E-state index contributed by atoms with van der Waals surface area (Å²) in [5.41, 5.74) is 2.21. The molecule has 1 heterocycles. The third-order valence-electron chi connectivity index (χ3n) is 2.79. The van der Waals surface area contributed by atoms with Crippen LogP contribution in [0.5, 0.6) is 11.5 Å². The lowest BCUT2D eigenvalue weighted by Crippen LogP contribution is -2.10.